The highest BCUT2D eigenvalue weighted by atomic mass is 16.2. The van der Waals surface area contributed by atoms with Gasteiger partial charge in [-0.3, -0.25) is 14.5 Å². The van der Waals surface area contributed by atoms with Crippen LogP contribution < -0.4 is 5.32 Å². The number of hydrogen-bond donors (Lipinski definition) is 1. The van der Waals surface area contributed by atoms with Gasteiger partial charge in [0.05, 0.1) is 11.9 Å². The van der Waals surface area contributed by atoms with Crippen LogP contribution in [0.25, 0.3) is 22.2 Å². The monoisotopic (exact) mass is 294 g/mol. The van der Waals surface area contributed by atoms with Crippen molar-refractivity contribution >= 4 is 22.5 Å². The number of rotatable bonds is 3. The van der Waals surface area contributed by atoms with Gasteiger partial charge in [-0.05, 0) is 30.4 Å². The first-order valence-corrected chi connectivity index (χ1v) is 7.12. The van der Waals surface area contributed by atoms with E-state index in [0.717, 1.165) is 29.3 Å². The van der Waals surface area contributed by atoms with E-state index in [4.69, 9.17) is 0 Å². The minimum atomic E-state index is 0.0510. The van der Waals surface area contributed by atoms with Crippen LogP contribution >= 0.6 is 0 Å². The van der Waals surface area contributed by atoms with Crippen LogP contribution in [0.15, 0.2) is 30.7 Å². The summed E-state index contributed by atoms with van der Waals surface area (Å²) < 4.78 is 1.63. The van der Waals surface area contributed by atoms with Crippen LogP contribution in [-0.4, -0.2) is 30.9 Å². The van der Waals surface area contributed by atoms with E-state index < -0.39 is 0 Å². The Morgan fingerprint density at radius 1 is 1.18 bits per heavy atom. The summed E-state index contributed by atoms with van der Waals surface area (Å²) in [6, 6.07) is 3.78. The molecule has 4 rings (SSSR count). The highest BCUT2D eigenvalue weighted by molar-refractivity contribution is 5.95. The topological polar surface area (TPSA) is 85.6 Å². The number of carbonyl (C=O) groups excluding carboxylic acids is 1. The molecule has 0 unspecified atom stereocenters. The van der Waals surface area contributed by atoms with Crippen LogP contribution in [0.3, 0.4) is 0 Å². The standard InChI is InChI=1S/C15H14N6O/c1-21-8-13(19-20-21)12-4-10-5-14(17-7-11(10)6-16-12)18-15(22)9-2-3-9/h4-9H,2-3H2,1H3,(H,17,18,22). The van der Waals surface area contributed by atoms with Crippen molar-refractivity contribution in [1.29, 1.82) is 0 Å². The summed E-state index contributed by atoms with van der Waals surface area (Å²) in [6.07, 6.45) is 7.22. The van der Waals surface area contributed by atoms with E-state index in [0.29, 0.717) is 11.5 Å². The van der Waals surface area contributed by atoms with E-state index >= 15 is 0 Å². The predicted octanol–water partition coefficient (Wildman–Crippen LogP) is 1.77. The van der Waals surface area contributed by atoms with Gasteiger partial charge in [-0.1, -0.05) is 5.21 Å². The molecule has 3 heterocycles. The van der Waals surface area contributed by atoms with E-state index in [1.807, 2.05) is 25.4 Å². The molecule has 7 heteroatoms. The quantitative estimate of drug-likeness (QED) is 0.795. The third kappa shape index (κ3) is 2.41. The van der Waals surface area contributed by atoms with Gasteiger partial charge in [0.15, 0.2) is 0 Å². The molecule has 1 N–H and O–H groups in total. The van der Waals surface area contributed by atoms with Crippen LogP contribution in [-0.2, 0) is 11.8 Å². The van der Waals surface area contributed by atoms with Crippen LogP contribution in [0.1, 0.15) is 12.8 Å². The van der Waals surface area contributed by atoms with Gasteiger partial charge < -0.3 is 5.32 Å². The zero-order valence-corrected chi connectivity index (χ0v) is 12.0. The fourth-order valence-electron chi connectivity index (χ4n) is 2.28. The molecule has 0 spiro atoms. The summed E-state index contributed by atoms with van der Waals surface area (Å²) in [5.74, 6) is 0.779. The number of pyridine rings is 2. The Kier molecular flexibility index (Phi) is 2.85. The molecule has 0 aromatic carbocycles. The molecule has 0 radical (unpaired) electrons. The summed E-state index contributed by atoms with van der Waals surface area (Å²) in [7, 11) is 1.81. The number of anilines is 1. The van der Waals surface area contributed by atoms with E-state index in [1.54, 1.807) is 17.1 Å². The summed E-state index contributed by atoms with van der Waals surface area (Å²) in [5, 5.41) is 12.7. The minimum Gasteiger partial charge on any atom is -0.310 e. The molecule has 7 nitrogen and oxygen atoms in total. The smallest absolute Gasteiger partial charge is 0.228 e. The van der Waals surface area contributed by atoms with Gasteiger partial charge in [0.1, 0.15) is 11.5 Å². The molecule has 3 aromatic heterocycles. The summed E-state index contributed by atoms with van der Waals surface area (Å²) >= 11 is 0. The molecule has 110 valence electrons. The maximum atomic E-state index is 11.8. The average Bonchev–Trinajstić information content (AvgIpc) is 3.28. The zero-order valence-electron chi connectivity index (χ0n) is 12.0. The molecule has 3 aromatic rings. The lowest BCUT2D eigenvalue weighted by atomic mass is 10.1. The van der Waals surface area contributed by atoms with Gasteiger partial charge in [-0.2, -0.15) is 0 Å². The van der Waals surface area contributed by atoms with Crippen molar-refractivity contribution in [2.75, 3.05) is 5.32 Å². The van der Waals surface area contributed by atoms with E-state index in [2.05, 4.69) is 25.6 Å². The fourth-order valence-corrected chi connectivity index (χ4v) is 2.28. The first-order chi connectivity index (χ1) is 10.7. The second kappa shape index (κ2) is 4.87. The fraction of sp³-hybridized carbons (Fsp3) is 0.267. The Morgan fingerprint density at radius 3 is 2.73 bits per heavy atom. The maximum absolute atomic E-state index is 11.8. The van der Waals surface area contributed by atoms with Gasteiger partial charge in [-0.25, -0.2) is 4.98 Å². The summed E-state index contributed by atoms with van der Waals surface area (Å²) in [5.41, 5.74) is 1.45. The Bertz CT molecular complexity index is 867. The molecule has 22 heavy (non-hydrogen) atoms. The number of hydrogen-bond acceptors (Lipinski definition) is 5. The van der Waals surface area contributed by atoms with Gasteiger partial charge in [0, 0.05) is 30.7 Å². The number of aromatic nitrogens is 5. The molecule has 0 aliphatic heterocycles. The highest BCUT2D eigenvalue weighted by Crippen LogP contribution is 2.30. The molecule has 1 saturated carbocycles. The number of nitrogens with zero attached hydrogens (tertiary/aromatic N) is 5. The van der Waals surface area contributed by atoms with Crippen molar-refractivity contribution in [3.05, 3.63) is 30.7 Å². The van der Waals surface area contributed by atoms with E-state index in [1.165, 1.54) is 0 Å². The average molecular weight is 294 g/mol. The third-order valence-corrected chi connectivity index (χ3v) is 3.67. The van der Waals surface area contributed by atoms with Crippen LogP contribution in [0.4, 0.5) is 5.82 Å². The first-order valence-electron chi connectivity index (χ1n) is 7.12. The largest absolute Gasteiger partial charge is 0.310 e. The van der Waals surface area contributed by atoms with Crippen molar-refractivity contribution in [3.8, 4) is 11.4 Å². The van der Waals surface area contributed by atoms with Crippen molar-refractivity contribution in [3.63, 3.8) is 0 Å². The van der Waals surface area contributed by atoms with Gasteiger partial charge in [-0.15, -0.1) is 5.10 Å². The maximum Gasteiger partial charge on any atom is 0.228 e. The number of fused-ring (bicyclic) bond motifs is 1. The first kappa shape index (κ1) is 12.9. The van der Waals surface area contributed by atoms with Crippen molar-refractivity contribution in [2.45, 2.75) is 12.8 Å². The molecule has 0 bridgehead atoms. The molecule has 1 fully saturated rings. The molecule has 1 amide bonds. The Morgan fingerprint density at radius 2 is 2.00 bits per heavy atom. The van der Waals surface area contributed by atoms with Gasteiger partial charge in [0.25, 0.3) is 0 Å². The van der Waals surface area contributed by atoms with Crippen molar-refractivity contribution in [1.82, 2.24) is 25.0 Å². The van der Waals surface area contributed by atoms with E-state index in [9.17, 15) is 4.79 Å². The number of carbonyl (C=O) groups is 1. The molecule has 0 atom stereocenters. The molecule has 1 aliphatic rings. The van der Waals surface area contributed by atoms with Crippen LogP contribution in [0.2, 0.25) is 0 Å². The summed E-state index contributed by atoms with van der Waals surface area (Å²) in [6.45, 7) is 0. The molecular weight excluding hydrogens is 280 g/mol. The van der Waals surface area contributed by atoms with Crippen LogP contribution in [0.5, 0.6) is 0 Å². The highest BCUT2D eigenvalue weighted by Gasteiger charge is 2.29. The predicted molar refractivity (Wildman–Crippen MR) is 80.9 cm³/mol. The Balaban J connectivity index is 1.69. The van der Waals surface area contributed by atoms with Gasteiger partial charge in [0.2, 0.25) is 5.91 Å². The molecule has 1 aliphatic carbocycles. The number of aryl methyl sites for hydroxylation is 1. The van der Waals surface area contributed by atoms with Crippen molar-refractivity contribution in [2.24, 2.45) is 13.0 Å². The van der Waals surface area contributed by atoms with Crippen molar-refractivity contribution < 1.29 is 4.79 Å². The van der Waals surface area contributed by atoms with E-state index in [-0.39, 0.29) is 11.8 Å². The Hall–Kier alpha value is -2.83. The molecule has 0 saturated heterocycles. The molecular formula is C15H14N6O. The summed E-state index contributed by atoms with van der Waals surface area (Å²) in [4.78, 5) is 20.5. The lowest BCUT2D eigenvalue weighted by molar-refractivity contribution is -0.117. The Labute approximate surface area is 126 Å². The number of amides is 1. The minimum absolute atomic E-state index is 0.0510. The second-order valence-corrected chi connectivity index (χ2v) is 5.53. The van der Waals surface area contributed by atoms with Crippen LogP contribution in [0, 0.1) is 5.92 Å². The lowest BCUT2D eigenvalue weighted by Crippen LogP contribution is -2.14. The lowest BCUT2D eigenvalue weighted by Gasteiger charge is -2.05. The number of nitrogens with one attached hydrogen (secondary N) is 1. The normalized spacial score (nSPS) is 14.2. The SMILES string of the molecule is Cn1cc(-c2cc3cc(NC(=O)C4CC4)ncc3cn2)nn1. The van der Waals surface area contributed by atoms with Gasteiger partial charge >= 0.3 is 0 Å². The zero-order chi connectivity index (χ0) is 15.1. The third-order valence-electron chi connectivity index (χ3n) is 3.67. The second-order valence-electron chi connectivity index (χ2n) is 5.53.